The Balaban J connectivity index is 0.962. The van der Waals surface area contributed by atoms with Crippen molar-refractivity contribution in [2.24, 2.45) is 5.92 Å². The van der Waals surface area contributed by atoms with Crippen molar-refractivity contribution in [3.63, 3.8) is 0 Å². The van der Waals surface area contributed by atoms with Gasteiger partial charge >= 0.3 is 0 Å². The van der Waals surface area contributed by atoms with Crippen LogP contribution in [0.1, 0.15) is 59.2 Å². The van der Waals surface area contributed by atoms with Crippen LogP contribution in [0.5, 0.6) is 0 Å². The zero-order valence-electron chi connectivity index (χ0n) is 23.7. The summed E-state index contributed by atoms with van der Waals surface area (Å²) in [6, 6.07) is 29.2. The van der Waals surface area contributed by atoms with Gasteiger partial charge in [0.25, 0.3) is 0 Å². The van der Waals surface area contributed by atoms with Gasteiger partial charge in [0.05, 0.1) is 18.3 Å². The molecule has 1 saturated heterocycles. The van der Waals surface area contributed by atoms with Crippen molar-refractivity contribution < 1.29 is 4.79 Å². The van der Waals surface area contributed by atoms with Crippen LogP contribution in [0.4, 0.5) is 0 Å². The summed E-state index contributed by atoms with van der Waals surface area (Å²) in [4.78, 5) is 17.9. The molecule has 3 aromatic carbocycles. The fourth-order valence-electron chi connectivity index (χ4n) is 6.33. The van der Waals surface area contributed by atoms with E-state index < -0.39 is 0 Å². The maximum Gasteiger partial charge on any atom is 0.162 e. The second kappa shape index (κ2) is 12.7. The Morgan fingerprint density at radius 2 is 1.71 bits per heavy atom. The highest BCUT2D eigenvalue weighted by Crippen LogP contribution is 2.26. The number of hydrogen-bond donors (Lipinski definition) is 0. The minimum atomic E-state index is 0.271. The van der Waals surface area contributed by atoms with E-state index in [9.17, 15) is 4.79 Å². The van der Waals surface area contributed by atoms with E-state index in [2.05, 4.69) is 81.2 Å². The van der Waals surface area contributed by atoms with E-state index in [1.807, 2.05) is 30.3 Å². The molecular formula is C36H38N4O. The standard InChI is InChI=1S/C36H38N4O/c37-25-30-6-12-35-34(24-30)18-23-40(35)27-39-21-16-32(17-22-39)31-8-10-33(11-9-31)36(41)13-7-28-14-19-38(20-15-28)26-29-4-2-1-3-5-29/h1-6,8-12,16,18,23-24,28H,7,13-15,17,19-22,26-27H2. The van der Waals surface area contributed by atoms with Gasteiger partial charge in [0.15, 0.2) is 5.78 Å². The van der Waals surface area contributed by atoms with E-state index in [0.29, 0.717) is 17.9 Å². The van der Waals surface area contributed by atoms with Gasteiger partial charge in [-0.1, -0.05) is 60.7 Å². The molecule has 5 heteroatoms. The zero-order chi connectivity index (χ0) is 28.0. The maximum absolute atomic E-state index is 13.0. The lowest BCUT2D eigenvalue weighted by Crippen LogP contribution is -2.33. The van der Waals surface area contributed by atoms with Crippen LogP contribution in [0.3, 0.4) is 0 Å². The number of Topliss-reactive ketones (excluding diaryl/α,β-unsaturated/α-hetero) is 1. The monoisotopic (exact) mass is 542 g/mol. The molecule has 0 bridgehead atoms. The topological polar surface area (TPSA) is 52.3 Å². The average molecular weight is 543 g/mol. The number of benzene rings is 3. The molecule has 0 saturated carbocycles. The Kier molecular flexibility index (Phi) is 8.41. The van der Waals surface area contributed by atoms with Crippen molar-refractivity contribution in [2.75, 3.05) is 26.2 Å². The van der Waals surface area contributed by atoms with Crippen LogP contribution < -0.4 is 0 Å². The van der Waals surface area contributed by atoms with Crippen molar-refractivity contribution >= 4 is 22.3 Å². The summed E-state index contributed by atoms with van der Waals surface area (Å²) in [5.74, 6) is 0.924. The predicted molar refractivity (Wildman–Crippen MR) is 165 cm³/mol. The Bertz CT molecular complexity index is 1550. The highest BCUT2D eigenvalue weighted by Gasteiger charge is 2.21. The predicted octanol–water partition coefficient (Wildman–Crippen LogP) is 7.13. The smallest absolute Gasteiger partial charge is 0.162 e. The Hall–Kier alpha value is -3.98. The minimum absolute atomic E-state index is 0.271. The first-order valence-corrected chi connectivity index (χ1v) is 14.9. The van der Waals surface area contributed by atoms with Crippen LogP contribution in [0, 0.1) is 17.2 Å². The summed E-state index contributed by atoms with van der Waals surface area (Å²) in [6.45, 7) is 6.00. The number of aromatic nitrogens is 1. The summed E-state index contributed by atoms with van der Waals surface area (Å²) in [7, 11) is 0. The van der Waals surface area contributed by atoms with Crippen molar-refractivity contribution in [3.05, 3.63) is 113 Å². The molecule has 4 aromatic rings. The summed E-state index contributed by atoms with van der Waals surface area (Å²) >= 11 is 0. The summed E-state index contributed by atoms with van der Waals surface area (Å²) in [5, 5.41) is 10.3. The molecule has 1 aromatic heterocycles. The number of hydrogen-bond acceptors (Lipinski definition) is 4. The van der Waals surface area contributed by atoms with Crippen LogP contribution in [-0.4, -0.2) is 46.3 Å². The summed E-state index contributed by atoms with van der Waals surface area (Å²) in [5.41, 5.74) is 6.66. The number of carbonyl (C=O) groups excluding carboxylic acids is 1. The van der Waals surface area contributed by atoms with Crippen molar-refractivity contribution in [1.82, 2.24) is 14.4 Å². The van der Waals surface area contributed by atoms with E-state index in [1.165, 1.54) is 29.5 Å². The molecule has 6 rings (SSSR count). The third-order valence-electron chi connectivity index (χ3n) is 8.86. The molecule has 0 radical (unpaired) electrons. The van der Waals surface area contributed by atoms with Gasteiger partial charge in [0.1, 0.15) is 0 Å². The highest BCUT2D eigenvalue weighted by atomic mass is 16.1. The van der Waals surface area contributed by atoms with Gasteiger partial charge < -0.3 is 4.57 Å². The fourth-order valence-corrected chi connectivity index (χ4v) is 6.33. The van der Waals surface area contributed by atoms with Gasteiger partial charge in [-0.15, -0.1) is 0 Å². The SMILES string of the molecule is N#Cc1ccc2c(ccn2CN2CC=C(c3ccc(C(=O)CCC4CCN(Cc5ccccc5)CC4)cc3)CC2)c1. The number of carbonyl (C=O) groups is 1. The molecule has 208 valence electrons. The Morgan fingerprint density at radius 1 is 0.902 bits per heavy atom. The zero-order valence-corrected chi connectivity index (χ0v) is 23.7. The van der Waals surface area contributed by atoms with E-state index in [0.717, 1.165) is 68.7 Å². The van der Waals surface area contributed by atoms with Crippen molar-refractivity contribution in [3.8, 4) is 6.07 Å². The molecule has 0 amide bonds. The quantitative estimate of drug-likeness (QED) is 0.211. The lowest BCUT2D eigenvalue weighted by atomic mass is 9.90. The number of likely N-dealkylation sites (tertiary alicyclic amines) is 1. The third-order valence-corrected chi connectivity index (χ3v) is 8.86. The molecule has 0 aliphatic carbocycles. The first kappa shape index (κ1) is 27.2. The number of rotatable bonds is 9. The number of piperidine rings is 1. The van der Waals surface area contributed by atoms with Gasteiger partial charge in [0, 0.05) is 48.7 Å². The van der Waals surface area contributed by atoms with Gasteiger partial charge in [-0.05, 0) is 85.7 Å². The Morgan fingerprint density at radius 3 is 2.44 bits per heavy atom. The molecule has 3 heterocycles. The third kappa shape index (κ3) is 6.68. The highest BCUT2D eigenvalue weighted by molar-refractivity contribution is 5.96. The second-order valence-corrected chi connectivity index (χ2v) is 11.6. The fraction of sp³-hybridized carbons (Fsp3) is 0.333. The van der Waals surface area contributed by atoms with E-state index in [4.69, 9.17) is 5.26 Å². The molecule has 0 atom stereocenters. The lowest BCUT2D eigenvalue weighted by Gasteiger charge is -2.32. The average Bonchev–Trinajstić information content (AvgIpc) is 3.43. The molecule has 41 heavy (non-hydrogen) atoms. The van der Waals surface area contributed by atoms with Gasteiger partial charge in [-0.2, -0.15) is 5.26 Å². The van der Waals surface area contributed by atoms with Crippen LogP contribution in [0.2, 0.25) is 0 Å². The second-order valence-electron chi connectivity index (χ2n) is 11.6. The largest absolute Gasteiger partial charge is 0.334 e. The normalized spacial score (nSPS) is 16.9. The molecular weight excluding hydrogens is 504 g/mol. The first-order valence-electron chi connectivity index (χ1n) is 14.9. The minimum Gasteiger partial charge on any atom is -0.334 e. The summed E-state index contributed by atoms with van der Waals surface area (Å²) < 4.78 is 2.25. The number of nitriles is 1. The van der Waals surface area contributed by atoms with E-state index in [-0.39, 0.29) is 5.78 Å². The molecule has 2 aliphatic heterocycles. The first-order chi connectivity index (χ1) is 20.1. The number of fused-ring (bicyclic) bond motifs is 1. The maximum atomic E-state index is 13.0. The van der Waals surface area contributed by atoms with Crippen LogP contribution in [0.15, 0.2) is 91.1 Å². The van der Waals surface area contributed by atoms with Crippen LogP contribution in [0.25, 0.3) is 16.5 Å². The van der Waals surface area contributed by atoms with Crippen LogP contribution in [-0.2, 0) is 13.2 Å². The molecule has 0 unspecified atom stereocenters. The van der Waals surface area contributed by atoms with E-state index in [1.54, 1.807) is 0 Å². The molecule has 2 aliphatic rings. The molecule has 0 N–H and O–H groups in total. The van der Waals surface area contributed by atoms with Gasteiger partial charge in [-0.3, -0.25) is 14.6 Å². The van der Waals surface area contributed by atoms with Crippen molar-refractivity contribution in [1.29, 1.82) is 5.26 Å². The molecule has 5 nitrogen and oxygen atoms in total. The number of nitrogens with zero attached hydrogens (tertiary/aromatic N) is 4. The van der Waals surface area contributed by atoms with E-state index >= 15 is 0 Å². The van der Waals surface area contributed by atoms with Crippen LogP contribution >= 0.6 is 0 Å². The molecule has 1 fully saturated rings. The van der Waals surface area contributed by atoms with Gasteiger partial charge in [-0.25, -0.2) is 0 Å². The van der Waals surface area contributed by atoms with Gasteiger partial charge in [0.2, 0.25) is 0 Å². The van der Waals surface area contributed by atoms with Crippen molar-refractivity contribution in [2.45, 2.75) is 45.3 Å². The number of ketones is 1. The Labute approximate surface area is 243 Å². The lowest BCUT2D eigenvalue weighted by molar-refractivity contribution is 0.0961. The summed E-state index contributed by atoms with van der Waals surface area (Å²) in [6.07, 6.45) is 9.44. The molecule has 0 spiro atoms.